The van der Waals surface area contributed by atoms with Gasteiger partial charge in [0.25, 0.3) is 6.09 Å². The van der Waals surface area contributed by atoms with Crippen LogP contribution in [0.1, 0.15) is 50.2 Å². The lowest BCUT2D eigenvalue weighted by molar-refractivity contribution is -0.956. The molecule has 0 radical (unpaired) electrons. The summed E-state index contributed by atoms with van der Waals surface area (Å²) in [7, 11) is 0. The molecule has 12 heteroatoms. The number of nitrogens with zero attached hydrogens (tertiary/aromatic N) is 5. The van der Waals surface area contributed by atoms with Crippen molar-refractivity contribution in [3.63, 3.8) is 0 Å². The number of carboxylic acid groups (broad SMARTS) is 1. The highest BCUT2D eigenvalue weighted by Crippen LogP contribution is 2.46. The van der Waals surface area contributed by atoms with E-state index in [0.717, 1.165) is 63.1 Å². The van der Waals surface area contributed by atoms with Gasteiger partial charge in [-0.25, -0.2) is 4.79 Å². The largest absolute Gasteiger partial charge is 0.498 e. The van der Waals surface area contributed by atoms with E-state index in [0.29, 0.717) is 60.5 Å². The standard InChI is InChI=1S/C35H46Cl2N6O4/c1-2-39-17-19-40(20-18-39)28-10-14-41(15-11-28)35(13-22-44)24-29(42-16-9-27-5-3-4-6-32(27)38-33(42)45)12-21-43(35,34(46)47)25-26-7-8-30(36)31(37)23-26/h3-8,22-23,28-29H,2,9-21,24-25H2,1H3,(H-,38,45,46,47)/t29?,35?,43-/m0/s1. The molecule has 10 nitrogen and oxygen atoms in total. The Morgan fingerprint density at radius 3 is 2.43 bits per heavy atom. The van der Waals surface area contributed by atoms with Gasteiger partial charge < -0.3 is 29.8 Å². The van der Waals surface area contributed by atoms with Crippen LogP contribution in [-0.2, 0) is 17.8 Å². The second kappa shape index (κ2) is 14.4. The lowest BCUT2D eigenvalue weighted by Gasteiger charge is -2.62. The number of para-hydroxylation sites is 1. The molecule has 3 atom stereocenters. The van der Waals surface area contributed by atoms with Gasteiger partial charge in [-0.05, 0) is 49.6 Å². The van der Waals surface area contributed by atoms with E-state index in [1.807, 2.05) is 29.2 Å². The molecule has 6 rings (SSSR count). The van der Waals surface area contributed by atoms with Crippen molar-refractivity contribution in [1.29, 1.82) is 0 Å². The number of piperidine rings is 2. The van der Waals surface area contributed by atoms with E-state index in [1.54, 1.807) is 18.2 Å². The van der Waals surface area contributed by atoms with Gasteiger partial charge in [0.2, 0.25) is 0 Å². The Morgan fingerprint density at radius 2 is 1.74 bits per heavy atom. The molecular weight excluding hydrogens is 639 g/mol. The number of fused-ring (bicyclic) bond motifs is 1. The summed E-state index contributed by atoms with van der Waals surface area (Å²) in [6.45, 7) is 9.56. The molecule has 0 aliphatic carbocycles. The van der Waals surface area contributed by atoms with Crippen LogP contribution < -0.4 is 10.4 Å². The fourth-order valence-corrected chi connectivity index (χ4v) is 9.07. The summed E-state index contributed by atoms with van der Waals surface area (Å²) in [6.07, 6.45) is 2.90. The molecular formula is C35H46Cl2N6O4. The van der Waals surface area contributed by atoms with Gasteiger partial charge in [-0.2, -0.15) is 0 Å². The zero-order valence-corrected chi connectivity index (χ0v) is 28.7. The molecule has 0 aromatic heterocycles. The number of hydrogen-bond acceptors (Lipinski definition) is 7. The third kappa shape index (κ3) is 6.65. The normalized spacial score (nSPS) is 28.4. The number of rotatable bonds is 8. The third-order valence-corrected chi connectivity index (χ3v) is 12.1. The number of likely N-dealkylation sites (tertiary alicyclic amines) is 2. The molecule has 3 fully saturated rings. The number of likely N-dealkylation sites (N-methyl/N-ethyl adjacent to an activating group) is 1. The van der Waals surface area contributed by atoms with Crippen molar-refractivity contribution in [2.24, 2.45) is 0 Å². The van der Waals surface area contributed by atoms with Crippen molar-refractivity contribution in [2.75, 3.05) is 64.2 Å². The van der Waals surface area contributed by atoms with E-state index in [4.69, 9.17) is 23.2 Å². The van der Waals surface area contributed by atoms with E-state index in [1.165, 1.54) is 0 Å². The number of piperazine rings is 1. The summed E-state index contributed by atoms with van der Waals surface area (Å²) in [6, 6.07) is 13.0. The predicted molar refractivity (Wildman–Crippen MR) is 181 cm³/mol. The molecule has 2 aromatic carbocycles. The zero-order valence-electron chi connectivity index (χ0n) is 27.2. The van der Waals surface area contributed by atoms with E-state index < -0.39 is 16.2 Å². The molecule has 3 amide bonds. The number of aldehydes is 1. The summed E-state index contributed by atoms with van der Waals surface area (Å²) in [5.41, 5.74) is 1.46. The van der Waals surface area contributed by atoms with Crippen LogP contribution in [0.4, 0.5) is 15.3 Å². The number of benzene rings is 2. The highest BCUT2D eigenvalue weighted by atomic mass is 35.5. The molecule has 0 saturated carbocycles. The van der Waals surface area contributed by atoms with Crippen LogP contribution in [0.2, 0.25) is 10.0 Å². The van der Waals surface area contributed by atoms with Gasteiger partial charge >= 0.3 is 6.03 Å². The fourth-order valence-electron chi connectivity index (χ4n) is 8.75. The van der Waals surface area contributed by atoms with Gasteiger partial charge in [0.15, 0.2) is 5.66 Å². The van der Waals surface area contributed by atoms with Crippen molar-refractivity contribution in [2.45, 2.75) is 69.7 Å². The number of nitrogens with one attached hydrogen (secondary N) is 1. The second-order valence-corrected chi connectivity index (χ2v) is 14.4. The molecule has 1 N–H and O–H groups in total. The summed E-state index contributed by atoms with van der Waals surface area (Å²) in [4.78, 5) is 49.2. The average Bonchev–Trinajstić information content (AvgIpc) is 3.25. The quantitative estimate of drug-likeness (QED) is 0.327. The number of amides is 3. The number of quaternary nitrogens is 1. The van der Waals surface area contributed by atoms with E-state index in [2.05, 4.69) is 26.9 Å². The Labute approximate surface area is 287 Å². The van der Waals surface area contributed by atoms with Crippen LogP contribution in [0.15, 0.2) is 42.5 Å². The first-order valence-corrected chi connectivity index (χ1v) is 17.8. The maximum atomic E-state index is 13.7. The number of urea groups is 1. The smallest absolute Gasteiger partial charge is 0.322 e. The molecule has 4 aliphatic heterocycles. The molecule has 0 bridgehead atoms. The van der Waals surface area contributed by atoms with Crippen LogP contribution in [0.25, 0.3) is 0 Å². The first-order valence-electron chi connectivity index (χ1n) is 17.0. The molecule has 0 spiro atoms. The Morgan fingerprint density at radius 1 is 1.00 bits per heavy atom. The minimum absolute atomic E-state index is 0.00826. The van der Waals surface area contributed by atoms with Gasteiger partial charge in [0.1, 0.15) is 12.8 Å². The summed E-state index contributed by atoms with van der Waals surface area (Å²) in [5.74, 6) is 0. The predicted octanol–water partition coefficient (Wildman–Crippen LogP) is 4.29. The monoisotopic (exact) mass is 684 g/mol. The first-order chi connectivity index (χ1) is 22.7. The minimum Gasteiger partial charge on any atom is -0.498 e. The molecule has 2 unspecified atom stereocenters. The number of carbonyl (C=O) groups excluding carboxylic acids is 3. The highest BCUT2D eigenvalue weighted by Gasteiger charge is 2.61. The number of hydrogen-bond donors (Lipinski definition) is 1. The van der Waals surface area contributed by atoms with Gasteiger partial charge in [-0.1, -0.05) is 54.4 Å². The van der Waals surface area contributed by atoms with Crippen LogP contribution in [0, 0.1) is 0 Å². The Balaban J connectivity index is 1.33. The lowest BCUT2D eigenvalue weighted by atomic mass is 9.81. The van der Waals surface area contributed by atoms with Crippen molar-refractivity contribution in [1.82, 2.24) is 19.6 Å². The molecule has 2 aromatic rings. The van der Waals surface area contributed by atoms with Crippen molar-refractivity contribution >= 4 is 47.3 Å². The summed E-state index contributed by atoms with van der Waals surface area (Å²) < 4.78 is -0.435. The zero-order chi connectivity index (χ0) is 33.2. The van der Waals surface area contributed by atoms with Crippen LogP contribution >= 0.6 is 23.2 Å². The molecule has 4 aliphatic rings. The molecule has 3 saturated heterocycles. The number of halogens is 2. The first kappa shape index (κ1) is 34.1. The Hall–Kier alpha value is -2.73. The Kier molecular flexibility index (Phi) is 10.5. The van der Waals surface area contributed by atoms with Crippen molar-refractivity contribution < 1.29 is 24.0 Å². The van der Waals surface area contributed by atoms with E-state index in [9.17, 15) is 19.5 Å². The average molecular weight is 686 g/mol. The van der Waals surface area contributed by atoms with Crippen molar-refractivity contribution in [3.8, 4) is 0 Å². The van der Waals surface area contributed by atoms with E-state index >= 15 is 0 Å². The molecule has 254 valence electrons. The van der Waals surface area contributed by atoms with Crippen molar-refractivity contribution in [3.05, 3.63) is 63.6 Å². The second-order valence-electron chi connectivity index (χ2n) is 13.6. The van der Waals surface area contributed by atoms with Crippen LogP contribution in [-0.4, -0.2) is 119 Å². The maximum Gasteiger partial charge on any atom is 0.322 e. The fraction of sp³-hybridized carbons (Fsp3) is 0.571. The summed E-state index contributed by atoms with van der Waals surface area (Å²) in [5, 5.41) is 17.5. The van der Waals surface area contributed by atoms with Gasteiger partial charge in [-0.15, -0.1) is 0 Å². The number of anilines is 1. The number of carbonyl (C=O) groups is 3. The van der Waals surface area contributed by atoms with Gasteiger partial charge in [0.05, 0.1) is 23.0 Å². The molecule has 47 heavy (non-hydrogen) atoms. The maximum absolute atomic E-state index is 13.7. The SMILES string of the molecule is CCN1CCN(C2CCN(C3(CC=O)CC(N4CCc5ccccc5NC4=O)CC[N@+]3(Cc3ccc(Cl)c(Cl)c3)C(=O)[O-])CC2)CC1. The van der Waals surface area contributed by atoms with E-state index in [-0.39, 0.29) is 31.6 Å². The topological polar surface area (TPSA) is 99.3 Å². The van der Waals surface area contributed by atoms with Gasteiger partial charge in [-0.3, -0.25) is 14.3 Å². The minimum atomic E-state index is -1.22. The third-order valence-electron chi connectivity index (χ3n) is 11.4. The lowest BCUT2D eigenvalue weighted by Crippen LogP contribution is -2.80. The van der Waals surface area contributed by atoms with Crippen LogP contribution in [0.3, 0.4) is 0 Å². The molecule has 4 heterocycles. The van der Waals surface area contributed by atoms with Gasteiger partial charge in [0, 0.05) is 82.0 Å². The highest BCUT2D eigenvalue weighted by molar-refractivity contribution is 6.42. The Bertz CT molecular complexity index is 1460. The summed E-state index contributed by atoms with van der Waals surface area (Å²) >= 11 is 12.7. The van der Waals surface area contributed by atoms with Crippen LogP contribution in [0.5, 0.6) is 0 Å².